The Balaban J connectivity index is 1.26. The van der Waals surface area contributed by atoms with Gasteiger partial charge >= 0.3 is 0 Å². The number of methoxy groups -OCH3 is 1. The van der Waals surface area contributed by atoms with Gasteiger partial charge in [0.15, 0.2) is 0 Å². The number of benzene rings is 2. The third-order valence-electron chi connectivity index (χ3n) is 5.77. The molecule has 0 saturated carbocycles. The molecule has 0 aliphatic carbocycles. The van der Waals surface area contributed by atoms with Crippen LogP contribution in [0.25, 0.3) is 5.69 Å². The maximum atomic E-state index is 12.5. The standard InChI is InChI=1S/C24H27N5O3/c1-32-23-8-6-22(7-9-23)29-16-20(14-26-29)24(30)25-12-10-21(27-31)17-28-13-11-18-4-2-3-5-19(18)15-28/h2-9,14,16,21H,10-13,15,17H2,1H3,(H,25,30). The summed E-state index contributed by atoms with van der Waals surface area (Å²) in [5.41, 5.74) is 3.98. The van der Waals surface area contributed by atoms with E-state index in [1.54, 1.807) is 18.0 Å². The fourth-order valence-electron chi connectivity index (χ4n) is 3.96. The van der Waals surface area contributed by atoms with Crippen LogP contribution in [0.4, 0.5) is 0 Å². The molecular formula is C24H27N5O3. The molecule has 8 nitrogen and oxygen atoms in total. The fraction of sp³-hybridized carbons (Fsp3) is 0.333. The van der Waals surface area contributed by atoms with Crippen molar-refractivity contribution < 1.29 is 9.53 Å². The molecule has 1 unspecified atom stereocenters. The summed E-state index contributed by atoms with van der Waals surface area (Å²) >= 11 is 0. The van der Waals surface area contributed by atoms with Crippen molar-refractivity contribution in [2.24, 2.45) is 5.18 Å². The van der Waals surface area contributed by atoms with Crippen molar-refractivity contribution in [1.82, 2.24) is 20.0 Å². The highest BCUT2D eigenvalue weighted by Gasteiger charge is 2.20. The SMILES string of the molecule is COc1ccc(-n2cc(C(=O)NCCC(CN3CCc4ccccc4C3)N=O)cn2)cc1. The van der Waals surface area contributed by atoms with Crippen molar-refractivity contribution in [2.75, 3.05) is 26.7 Å². The Labute approximate surface area is 187 Å². The van der Waals surface area contributed by atoms with Gasteiger partial charge in [0.05, 0.1) is 24.6 Å². The van der Waals surface area contributed by atoms with Gasteiger partial charge in [-0.3, -0.25) is 9.69 Å². The summed E-state index contributed by atoms with van der Waals surface area (Å²) in [6, 6.07) is 15.5. The molecule has 2 heterocycles. The Bertz CT molecular complexity index is 1060. The molecular weight excluding hydrogens is 406 g/mol. The number of carbonyl (C=O) groups is 1. The van der Waals surface area contributed by atoms with Crippen LogP contribution < -0.4 is 10.1 Å². The van der Waals surface area contributed by atoms with Crippen LogP contribution in [-0.2, 0) is 13.0 Å². The van der Waals surface area contributed by atoms with Gasteiger partial charge in [0.1, 0.15) is 11.8 Å². The van der Waals surface area contributed by atoms with Gasteiger partial charge in [-0.05, 0) is 48.2 Å². The predicted octanol–water partition coefficient (Wildman–Crippen LogP) is 3.19. The van der Waals surface area contributed by atoms with E-state index in [9.17, 15) is 9.70 Å². The average Bonchev–Trinajstić information content (AvgIpc) is 3.34. The van der Waals surface area contributed by atoms with E-state index in [1.165, 1.54) is 17.3 Å². The summed E-state index contributed by atoms with van der Waals surface area (Å²) < 4.78 is 6.80. The summed E-state index contributed by atoms with van der Waals surface area (Å²) in [6.45, 7) is 2.73. The second-order valence-electron chi connectivity index (χ2n) is 7.93. The van der Waals surface area contributed by atoms with Gasteiger partial charge in [-0.2, -0.15) is 10.0 Å². The van der Waals surface area contributed by atoms with E-state index in [2.05, 4.69) is 38.7 Å². The van der Waals surface area contributed by atoms with Gasteiger partial charge in [0.2, 0.25) is 0 Å². The van der Waals surface area contributed by atoms with Crippen molar-refractivity contribution in [3.05, 3.63) is 82.5 Å². The zero-order valence-corrected chi connectivity index (χ0v) is 18.1. The number of carbonyl (C=O) groups excluding carboxylic acids is 1. The van der Waals surface area contributed by atoms with Crippen molar-refractivity contribution >= 4 is 5.91 Å². The smallest absolute Gasteiger partial charge is 0.254 e. The van der Waals surface area contributed by atoms with Gasteiger partial charge in [-0.25, -0.2) is 4.68 Å². The Kier molecular flexibility index (Phi) is 6.91. The van der Waals surface area contributed by atoms with E-state index in [4.69, 9.17) is 4.74 Å². The number of hydrogen-bond donors (Lipinski definition) is 1. The molecule has 1 aliphatic rings. The van der Waals surface area contributed by atoms with Gasteiger partial charge < -0.3 is 10.1 Å². The van der Waals surface area contributed by atoms with E-state index in [0.29, 0.717) is 25.1 Å². The molecule has 0 fully saturated rings. The minimum absolute atomic E-state index is 0.221. The first-order valence-electron chi connectivity index (χ1n) is 10.7. The lowest BCUT2D eigenvalue weighted by Gasteiger charge is -2.29. The average molecular weight is 434 g/mol. The minimum atomic E-state index is -0.359. The maximum absolute atomic E-state index is 12.5. The Morgan fingerprint density at radius 3 is 2.72 bits per heavy atom. The Morgan fingerprint density at radius 2 is 1.97 bits per heavy atom. The van der Waals surface area contributed by atoms with Gasteiger partial charge in [-0.15, -0.1) is 0 Å². The summed E-state index contributed by atoms with van der Waals surface area (Å²) in [7, 11) is 1.61. The molecule has 0 spiro atoms. The van der Waals surface area contributed by atoms with Crippen LogP contribution in [-0.4, -0.2) is 53.4 Å². The lowest BCUT2D eigenvalue weighted by molar-refractivity contribution is 0.0951. The number of nitrogens with zero attached hydrogens (tertiary/aromatic N) is 4. The highest BCUT2D eigenvalue weighted by atomic mass is 16.5. The van der Waals surface area contributed by atoms with Crippen LogP contribution in [0, 0.1) is 4.91 Å². The summed E-state index contributed by atoms with van der Waals surface area (Å²) in [4.78, 5) is 26.1. The third kappa shape index (κ3) is 5.20. The number of aromatic nitrogens is 2. The molecule has 166 valence electrons. The second-order valence-corrected chi connectivity index (χ2v) is 7.93. The van der Waals surface area contributed by atoms with Crippen LogP contribution in [0.5, 0.6) is 5.75 Å². The molecule has 1 aliphatic heterocycles. The zero-order chi connectivity index (χ0) is 22.3. The lowest BCUT2D eigenvalue weighted by Crippen LogP contribution is -2.37. The first-order valence-corrected chi connectivity index (χ1v) is 10.7. The minimum Gasteiger partial charge on any atom is -0.497 e. The molecule has 1 N–H and O–H groups in total. The van der Waals surface area contributed by atoms with E-state index in [-0.39, 0.29) is 11.9 Å². The number of ether oxygens (including phenoxy) is 1. The van der Waals surface area contributed by atoms with Crippen LogP contribution in [0.3, 0.4) is 0 Å². The highest BCUT2D eigenvalue weighted by Crippen LogP contribution is 2.19. The summed E-state index contributed by atoms with van der Waals surface area (Å²) in [6.07, 6.45) is 4.69. The van der Waals surface area contributed by atoms with Gasteiger partial charge in [0.25, 0.3) is 5.91 Å². The third-order valence-corrected chi connectivity index (χ3v) is 5.77. The van der Waals surface area contributed by atoms with Crippen LogP contribution >= 0.6 is 0 Å². The predicted molar refractivity (Wildman–Crippen MR) is 122 cm³/mol. The first-order chi connectivity index (χ1) is 15.7. The number of rotatable bonds is 9. The van der Waals surface area contributed by atoms with Gasteiger partial charge in [0, 0.05) is 32.4 Å². The molecule has 0 saturated heterocycles. The molecule has 1 atom stereocenters. The second kappa shape index (κ2) is 10.2. The molecule has 1 aromatic heterocycles. The normalized spacial score (nSPS) is 14.4. The number of nitroso groups, excluding NO2 is 1. The van der Waals surface area contributed by atoms with E-state index in [0.717, 1.165) is 30.9 Å². The maximum Gasteiger partial charge on any atom is 0.254 e. The molecule has 1 amide bonds. The van der Waals surface area contributed by atoms with Crippen molar-refractivity contribution in [1.29, 1.82) is 0 Å². The lowest BCUT2D eigenvalue weighted by atomic mass is 9.99. The van der Waals surface area contributed by atoms with E-state index < -0.39 is 0 Å². The van der Waals surface area contributed by atoms with Crippen LogP contribution in [0.2, 0.25) is 0 Å². The molecule has 32 heavy (non-hydrogen) atoms. The Hall–Kier alpha value is -3.52. The monoisotopic (exact) mass is 433 g/mol. The number of fused-ring (bicyclic) bond motifs is 1. The van der Waals surface area contributed by atoms with Crippen molar-refractivity contribution in [2.45, 2.75) is 25.4 Å². The van der Waals surface area contributed by atoms with E-state index in [1.807, 2.05) is 30.3 Å². The number of amides is 1. The molecule has 3 aromatic rings. The number of hydrogen-bond acceptors (Lipinski definition) is 6. The summed E-state index contributed by atoms with van der Waals surface area (Å²) in [5, 5.41) is 10.4. The van der Waals surface area contributed by atoms with Crippen molar-refractivity contribution in [3.63, 3.8) is 0 Å². The first kappa shape index (κ1) is 21.7. The topological polar surface area (TPSA) is 88.8 Å². The van der Waals surface area contributed by atoms with Crippen LogP contribution in [0.1, 0.15) is 27.9 Å². The molecule has 0 bridgehead atoms. The van der Waals surface area contributed by atoms with Crippen LogP contribution in [0.15, 0.2) is 66.1 Å². The van der Waals surface area contributed by atoms with E-state index >= 15 is 0 Å². The molecule has 2 aromatic carbocycles. The molecule has 0 radical (unpaired) electrons. The highest BCUT2D eigenvalue weighted by molar-refractivity contribution is 5.93. The van der Waals surface area contributed by atoms with Gasteiger partial charge in [-0.1, -0.05) is 29.4 Å². The number of nitrogens with one attached hydrogen (secondary N) is 1. The zero-order valence-electron chi connectivity index (χ0n) is 18.1. The molecule has 4 rings (SSSR count). The Morgan fingerprint density at radius 1 is 1.19 bits per heavy atom. The molecule has 8 heteroatoms. The van der Waals surface area contributed by atoms with Crippen molar-refractivity contribution in [3.8, 4) is 11.4 Å². The largest absolute Gasteiger partial charge is 0.497 e. The fourth-order valence-corrected chi connectivity index (χ4v) is 3.96. The summed E-state index contributed by atoms with van der Waals surface area (Å²) in [5.74, 6) is 0.535. The quantitative estimate of drug-likeness (QED) is 0.524.